The second-order valence-electron chi connectivity index (χ2n) is 5.07. The first kappa shape index (κ1) is 12.6. The molecular weight excluding hydrogens is 246 g/mol. The van der Waals surface area contributed by atoms with Gasteiger partial charge in [0.1, 0.15) is 24.3 Å². The molecule has 1 aromatic carbocycles. The van der Waals surface area contributed by atoms with Crippen molar-refractivity contribution in [3.63, 3.8) is 0 Å². The lowest BCUT2D eigenvalue weighted by atomic mass is 10.1. The highest BCUT2D eigenvalue weighted by Crippen LogP contribution is 2.20. The number of imidazole rings is 1. The Balaban J connectivity index is 2.07. The van der Waals surface area contributed by atoms with E-state index in [-0.39, 0.29) is 0 Å². The number of aromatic nitrogens is 3. The minimum absolute atomic E-state index is 0.869. The minimum atomic E-state index is 0.869. The van der Waals surface area contributed by atoms with Crippen molar-refractivity contribution in [3.8, 4) is 11.5 Å². The molecule has 3 rings (SSSR count). The van der Waals surface area contributed by atoms with Gasteiger partial charge in [-0.1, -0.05) is 23.8 Å². The van der Waals surface area contributed by atoms with Crippen molar-refractivity contribution in [1.82, 2.24) is 9.55 Å². The standard InChI is InChI=1S/C17H17N3/c1-13-10-14(2)17(15(3)11-13)20-9-8-19(12-20)16-6-4-5-7-18-16/h4-11H,1-3H3/q+1. The zero-order valence-electron chi connectivity index (χ0n) is 12.0. The summed E-state index contributed by atoms with van der Waals surface area (Å²) < 4.78 is 3.93. The van der Waals surface area contributed by atoms with Gasteiger partial charge in [0.2, 0.25) is 0 Å². The average molecular weight is 263 g/mol. The van der Waals surface area contributed by atoms with E-state index in [0.717, 1.165) is 5.82 Å². The molecule has 0 N–H and O–H groups in total. The Bertz CT molecular complexity index is 719. The van der Waals surface area contributed by atoms with E-state index < -0.39 is 0 Å². The van der Waals surface area contributed by atoms with E-state index in [1.807, 2.05) is 39.7 Å². The van der Waals surface area contributed by atoms with Crippen molar-refractivity contribution < 1.29 is 4.57 Å². The van der Waals surface area contributed by atoms with Crippen LogP contribution in [0.15, 0.2) is 48.9 Å². The van der Waals surface area contributed by atoms with E-state index in [9.17, 15) is 0 Å². The van der Waals surface area contributed by atoms with E-state index in [4.69, 9.17) is 0 Å². The third-order valence-corrected chi connectivity index (χ3v) is 3.35. The van der Waals surface area contributed by atoms with E-state index in [1.165, 1.54) is 22.4 Å². The number of benzene rings is 1. The van der Waals surface area contributed by atoms with Crippen LogP contribution in [-0.4, -0.2) is 9.55 Å². The summed E-state index contributed by atoms with van der Waals surface area (Å²) in [5.41, 5.74) is 4.98. The molecule has 0 amide bonds. The summed E-state index contributed by atoms with van der Waals surface area (Å²) in [4.78, 5) is 4.33. The van der Waals surface area contributed by atoms with E-state index in [1.54, 1.807) is 6.20 Å². The third kappa shape index (κ3) is 2.23. The molecule has 0 unspecified atom stereocenters. The molecule has 2 aromatic heterocycles. The van der Waals surface area contributed by atoms with Crippen LogP contribution in [0.5, 0.6) is 0 Å². The highest BCUT2D eigenvalue weighted by Gasteiger charge is 2.13. The Kier molecular flexibility index (Phi) is 3.11. The van der Waals surface area contributed by atoms with Gasteiger partial charge in [0.05, 0.1) is 0 Å². The summed E-state index contributed by atoms with van der Waals surface area (Å²) in [6.07, 6.45) is 9.09. The number of hydrogen-bond acceptors (Lipinski definition) is 1. The maximum Gasteiger partial charge on any atom is 0.314 e. The Morgan fingerprint density at radius 3 is 2.50 bits per heavy atom. The van der Waals surface area contributed by atoms with E-state index >= 15 is 0 Å². The maximum atomic E-state index is 4.33. The molecule has 0 saturated heterocycles. The van der Waals surface area contributed by atoms with Crippen LogP contribution < -0.4 is 4.57 Å². The molecule has 20 heavy (non-hydrogen) atoms. The zero-order valence-corrected chi connectivity index (χ0v) is 12.0. The van der Waals surface area contributed by atoms with Gasteiger partial charge in [-0.05, 0) is 38.0 Å². The molecule has 0 saturated carbocycles. The Labute approximate surface area is 119 Å². The van der Waals surface area contributed by atoms with Crippen LogP contribution in [0, 0.1) is 27.1 Å². The van der Waals surface area contributed by atoms with Crippen molar-refractivity contribution in [2.24, 2.45) is 0 Å². The van der Waals surface area contributed by atoms with Crippen LogP contribution in [0.25, 0.3) is 11.5 Å². The molecule has 3 heteroatoms. The molecule has 0 aliphatic carbocycles. The highest BCUT2D eigenvalue weighted by molar-refractivity contribution is 5.48. The van der Waals surface area contributed by atoms with Crippen molar-refractivity contribution in [3.05, 3.63) is 71.9 Å². The highest BCUT2D eigenvalue weighted by atomic mass is 15.2. The molecule has 1 radical (unpaired) electrons. The van der Waals surface area contributed by atoms with E-state index in [0.29, 0.717) is 0 Å². The van der Waals surface area contributed by atoms with Gasteiger partial charge in [-0.2, -0.15) is 4.57 Å². The van der Waals surface area contributed by atoms with Crippen molar-refractivity contribution in [1.29, 1.82) is 0 Å². The first-order valence-electron chi connectivity index (χ1n) is 6.67. The summed E-state index contributed by atoms with van der Waals surface area (Å²) in [5, 5.41) is 0. The molecule has 0 atom stereocenters. The molecule has 0 aliphatic rings. The van der Waals surface area contributed by atoms with Crippen LogP contribution in [0.4, 0.5) is 0 Å². The van der Waals surface area contributed by atoms with Crippen LogP contribution in [0.1, 0.15) is 16.7 Å². The minimum Gasteiger partial charge on any atom is -0.224 e. The molecule has 0 fully saturated rings. The third-order valence-electron chi connectivity index (χ3n) is 3.35. The van der Waals surface area contributed by atoms with Gasteiger partial charge in [0.15, 0.2) is 0 Å². The van der Waals surface area contributed by atoms with Gasteiger partial charge in [-0.25, -0.2) is 4.57 Å². The Morgan fingerprint density at radius 2 is 1.85 bits per heavy atom. The molecule has 2 heterocycles. The first-order valence-corrected chi connectivity index (χ1v) is 6.67. The largest absolute Gasteiger partial charge is 0.314 e. The predicted octanol–water partition coefficient (Wildman–Crippen LogP) is 2.87. The summed E-state index contributed by atoms with van der Waals surface area (Å²) in [6.45, 7) is 6.39. The topological polar surface area (TPSA) is 21.7 Å². The first-order chi connectivity index (χ1) is 9.65. The second kappa shape index (κ2) is 4.93. The molecular formula is C17H17N3+. The normalized spacial score (nSPS) is 10.8. The molecule has 3 aromatic rings. The number of pyridine rings is 1. The molecule has 0 spiro atoms. The summed E-state index contributed by atoms with van der Waals surface area (Å²) in [5.74, 6) is 0.869. The second-order valence-corrected chi connectivity index (χ2v) is 5.07. The lowest BCUT2D eigenvalue weighted by molar-refractivity contribution is -0.603. The lowest BCUT2D eigenvalue weighted by Crippen LogP contribution is -2.29. The average Bonchev–Trinajstić information content (AvgIpc) is 2.88. The van der Waals surface area contributed by atoms with Crippen molar-refractivity contribution in [2.45, 2.75) is 20.8 Å². The molecule has 0 bridgehead atoms. The fourth-order valence-electron chi connectivity index (χ4n) is 2.62. The van der Waals surface area contributed by atoms with Crippen LogP contribution in [0.2, 0.25) is 0 Å². The summed E-state index contributed by atoms with van der Waals surface area (Å²) in [6, 6.07) is 10.2. The van der Waals surface area contributed by atoms with Crippen molar-refractivity contribution >= 4 is 0 Å². The van der Waals surface area contributed by atoms with Crippen LogP contribution in [-0.2, 0) is 0 Å². The van der Waals surface area contributed by atoms with Gasteiger partial charge in [0.25, 0.3) is 5.82 Å². The molecule has 99 valence electrons. The Morgan fingerprint density at radius 1 is 1.10 bits per heavy atom. The monoisotopic (exact) mass is 263 g/mol. The van der Waals surface area contributed by atoms with Crippen LogP contribution >= 0.6 is 0 Å². The number of hydrogen-bond donors (Lipinski definition) is 0. The quantitative estimate of drug-likeness (QED) is 0.652. The lowest BCUT2D eigenvalue weighted by Gasteiger charge is -2.07. The molecule has 0 aliphatic heterocycles. The fraction of sp³-hybridized carbons (Fsp3) is 0.176. The predicted molar refractivity (Wildman–Crippen MR) is 78.1 cm³/mol. The number of rotatable bonds is 2. The Hall–Kier alpha value is -2.42. The fourth-order valence-corrected chi connectivity index (χ4v) is 2.62. The van der Waals surface area contributed by atoms with Gasteiger partial charge >= 0.3 is 6.33 Å². The van der Waals surface area contributed by atoms with Crippen molar-refractivity contribution in [2.75, 3.05) is 0 Å². The zero-order chi connectivity index (χ0) is 14.1. The summed E-state index contributed by atoms with van der Waals surface area (Å²) in [7, 11) is 0. The number of aryl methyl sites for hydroxylation is 3. The van der Waals surface area contributed by atoms with Gasteiger partial charge < -0.3 is 0 Å². The van der Waals surface area contributed by atoms with Gasteiger partial charge in [-0.15, -0.1) is 4.98 Å². The molecule has 3 nitrogen and oxygen atoms in total. The summed E-state index contributed by atoms with van der Waals surface area (Å²) >= 11 is 0. The van der Waals surface area contributed by atoms with Gasteiger partial charge in [0, 0.05) is 6.07 Å². The smallest absolute Gasteiger partial charge is 0.224 e. The SMILES string of the molecule is Cc1cc(C)c(-n2[c][n+](-c3ccccn3)cc2)c(C)c1. The van der Waals surface area contributed by atoms with Gasteiger partial charge in [-0.3, -0.25) is 0 Å². The number of nitrogens with zero attached hydrogens (tertiary/aromatic N) is 3. The van der Waals surface area contributed by atoms with Crippen LogP contribution in [0.3, 0.4) is 0 Å². The maximum absolute atomic E-state index is 4.33. The van der Waals surface area contributed by atoms with E-state index in [2.05, 4.69) is 44.2 Å².